The lowest BCUT2D eigenvalue weighted by Gasteiger charge is -1.98. The highest BCUT2D eigenvalue weighted by atomic mass is 16.4. The van der Waals surface area contributed by atoms with Crippen molar-refractivity contribution < 1.29 is 14.9 Å². The molecule has 1 aliphatic carbocycles. The average molecular weight is 401 g/mol. The molecule has 2 N–H and O–H groups in total. The van der Waals surface area contributed by atoms with E-state index in [1.807, 2.05) is 12.1 Å². The molecule has 0 bridgehead atoms. The van der Waals surface area contributed by atoms with Gasteiger partial charge in [-0.2, -0.15) is 0 Å². The monoisotopic (exact) mass is 400 g/mol. The van der Waals surface area contributed by atoms with E-state index in [4.69, 9.17) is 10.2 Å². The van der Waals surface area contributed by atoms with Crippen molar-refractivity contribution in [2.75, 3.05) is 14.2 Å². The molecule has 0 aromatic heterocycles. The Morgan fingerprint density at radius 3 is 1.10 bits per heavy atom. The van der Waals surface area contributed by atoms with Gasteiger partial charge in [0.1, 0.15) is 11.5 Å². The van der Waals surface area contributed by atoms with Crippen LogP contribution in [0.2, 0.25) is 0 Å². The first-order chi connectivity index (χ1) is 14.7. The first kappa shape index (κ1) is 22.7. The Kier molecular flexibility index (Phi) is 9.71. The molecule has 0 radical (unpaired) electrons. The smallest absolute Gasteiger partial charge is 0.115 e. The predicted octanol–water partition coefficient (Wildman–Crippen LogP) is 6.30. The maximum atomic E-state index is 8.63. The molecule has 0 saturated carbocycles. The lowest BCUT2D eigenvalue weighted by atomic mass is 10.1. The molecular formula is C27H28O3. The van der Waals surface area contributed by atoms with Crippen LogP contribution in [0.15, 0.2) is 109 Å². The van der Waals surface area contributed by atoms with Crippen molar-refractivity contribution in [3.63, 3.8) is 0 Å². The van der Waals surface area contributed by atoms with Gasteiger partial charge in [-0.15, -0.1) is 0 Å². The summed E-state index contributed by atoms with van der Waals surface area (Å²) in [6.07, 6.45) is 1.10. The predicted molar refractivity (Wildman–Crippen MR) is 124 cm³/mol. The summed E-state index contributed by atoms with van der Waals surface area (Å²) >= 11 is 0. The van der Waals surface area contributed by atoms with Crippen molar-refractivity contribution >= 4 is 0 Å². The molecule has 0 aliphatic heterocycles. The third kappa shape index (κ3) is 7.46. The van der Waals surface area contributed by atoms with Gasteiger partial charge < -0.3 is 14.9 Å². The molecule has 0 unspecified atom stereocenters. The van der Waals surface area contributed by atoms with E-state index in [9.17, 15) is 0 Å². The number of methoxy groups -OCH3 is 1. The summed E-state index contributed by atoms with van der Waals surface area (Å²) in [5, 5.41) is 17.3. The largest absolute Gasteiger partial charge is 0.508 e. The first-order valence-electron chi connectivity index (χ1n) is 9.70. The lowest BCUT2D eigenvalue weighted by Crippen LogP contribution is -1.77. The first-order valence-corrected chi connectivity index (χ1v) is 9.70. The molecule has 30 heavy (non-hydrogen) atoms. The van der Waals surface area contributed by atoms with E-state index in [0.29, 0.717) is 11.5 Å². The highest BCUT2D eigenvalue weighted by molar-refractivity contribution is 5.76. The molecule has 0 atom stereocenters. The maximum absolute atomic E-state index is 8.63. The molecule has 1 aliphatic rings. The van der Waals surface area contributed by atoms with Gasteiger partial charge in [-0.1, -0.05) is 84.9 Å². The molecule has 5 rings (SSSR count). The molecule has 3 heteroatoms. The van der Waals surface area contributed by atoms with E-state index < -0.39 is 0 Å². The number of hydrogen-bond acceptors (Lipinski definition) is 3. The van der Waals surface area contributed by atoms with Gasteiger partial charge in [0.05, 0.1) is 0 Å². The molecule has 0 saturated heterocycles. The van der Waals surface area contributed by atoms with E-state index >= 15 is 0 Å². The van der Waals surface area contributed by atoms with E-state index in [1.165, 1.54) is 22.3 Å². The number of benzene rings is 4. The molecule has 4 aromatic rings. The second kappa shape index (κ2) is 12.8. The zero-order chi connectivity index (χ0) is 21.6. The van der Waals surface area contributed by atoms with Gasteiger partial charge in [0.15, 0.2) is 0 Å². The normalized spacial score (nSPS) is 9.93. The summed E-state index contributed by atoms with van der Waals surface area (Å²) in [5.74, 6) is 0.644. The van der Waals surface area contributed by atoms with Crippen LogP contribution in [0.3, 0.4) is 0 Å². The minimum atomic E-state index is 0.322. The van der Waals surface area contributed by atoms with Crippen LogP contribution >= 0.6 is 0 Å². The molecule has 4 aromatic carbocycles. The number of para-hydroxylation sites is 2. The minimum absolute atomic E-state index is 0.322. The Morgan fingerprint density at radius 2 is 0.800 bits per heavy atom. The number of phenols is 2. The van der Waals surface area contributed by atoms with Gasteiger partial charge >= 0.3 is 0 Å². The fraction of sp³-hybridized carbons (Fsp3) is 0.111. The Morgan fingerprint density at radius 1 is 0.500 bits per heavy atom. The fourth-order valence-corrected chi connectivity index (χ4v) is 2.94. The SMILES string of the molecule is COC.Oc1ccccc1.Oc1ccccc1.c1ccc2c(c1)Cc1ccccc1-2. The third-order valence-corrected chi connectivity index (χ3v) is 4.22. The molecule has 154 valence electrons. The van der Waals surface area contributed by atoms with Crippen LogP contribution in [0, 0.1) is 0 Å². The quantitative estimate of drug-likeness (QED) is 0.320. The van der Waals surface area contributed by atoms with Crippen molar-refractivity contribution in [2.45, 2.75) is 6.42 Å². The summed E-state index contributed by atoms with van der Waals surface area (Å²) < 4.78 is 4.25. The zero-order valence-corrected chi connectivity index (χ0v) is 17.4. The van der Waals surface area contributed by atoms with E-state index in [1.54, 1.807) is 62.8 Å². The summed E-state index contributed by atoms with van der Waals surface area (Å²) in [4.78, 5) is 0. The summed E-state index contributed by atoms with van der Waals surface area (Å²) in [6, 6.07) is 34.7. The second-order valence-corrected chi connectivity index (χ2v) is 6.57. The van der Waals surface area contributed by atoms with Crippen LogP contribution in [0.1, 0.15) is 11.1 Å². The van der Waals surface area contributed by atoms with Gasteiger partial charge in [0, 0.05) is 14.2 Å². The van der Waals surface area contributed by atoms with E-state index in [2.05, 4.69) is 53.3 Å². The summed E-state index contributed by atoms with van der Waals surface area (Å²) in [5.41, 5.74) is 5.75. The molecule has 0 spiro atoms. The average Bonchev–Trinajstić information content (AvgIpc) is 3.15. The highest BCUT2D eigenvalue weighted by Crippen LogP contribution is 2.35. The standard InChI is InChI=1S/C13H10.2C6H6O.C2H6O/c1-3-7-12-10(5-1)9-11-6-2-4-8-13(11)12;2*7-6-4-2-1-3-5-6;1-3-2/h1-8H,9H2;2*1-5,7H;1-2H3. The minimum Gasteiger partial charge on any atom is -0.508 e. The topological polar surface area (TPSA) is 49.7 Å². The number of hydrogen-bond donors (Lipinski definition) is 2. The van der Waals surface area contributed by atoms with Gasteiger partial charge in [0.2, 0.25) is 0 Å². The number of rotatable bonds is 0. The van der Waals surface area contributed by atoms with Gasteiger partial charge in [0.25, 0.3) is 0 Å². The molecule has 3 nitrogen and oxygen atoms in total. The van der Waals surface area contributed by atoms with Crippen molar-refractivity contribution in [1.29, 1.82) is 0 Å². The Hall–Kier alpha value is -3.56. The Balaban J connectivity index is 0.000000162. The van der Waals surface area contributed by atoms with Gasteiger partial charge in [-0.25, -0.2) is 0 Å². The van der Waals surface area contributed by atoms with E-state index in [0.717, 1.165) is 6.42 Å². The number of ether oxygens (including phenoxy) is 1. The lowest BCUT2D eigenvalue weighted by molar-refractivity contribution is 0.277. The van der Waals surface area contributed by atoms with Crippen LogP contribution in [0.25, 0.3) is 11.1 Å². The van der Waals surface area contributed by atoms with Gasteiger partial charge in [-0.3, -0.25) is 0 Å². The second-order valence-electron chi connectivity index (χ2n) is 6.57. The van der Waals surface area contributed by atoms with Crippen LogP contribution < -0.4 is 0 Å². The van der Waals surface area contributed by atoms with Gasteiger partial charge in [-0.05, 0) is 52.9 Å². The summed E-state index contributed by atoms with van der Waals surface area (Å²) in [6.45, 7) is 0. The van der Waals surface area contributed by atoms with Crippen molar-refractivity contribution in [3.8, 4) is 22.6 Å². The molecule has 0 heterocycles. The molecule has 0 fully saturated rings. The molecular weight excluding hydrogens is 372 g/mol. The maximum Gasteiger partial charge on any atom is 0.115 e. The van der Waals surface area contributed by atoms with Crippen molar-refractivity contribution in [3.05, 3.63) is 120 Å². The summed E-state index contributed by atoms with van der Waals surface area (Å²) in [7, 11) is 3.25. The van der Waals surface area contributed by atoms with Crippen LogP contribution in [0.5, 0.6) is 11.5 Å². The fourth-order valence-electron chi connectivity index (χ4n) is 2.94. The van der Waals surface area contributed by atoms with E-state index in [-0.39, 0.29) is 0 Å². The Labute approximate surface area is 178 Å². The third-order valence-electron chi connectivity index (χ3n) is 4.22. The van der Waals surface area contributed by atoms with Crippen LogP contribution in [0.4, 0.5) is 0 Å². The number of aromatic hydroxyl groups is 2. The number of phenolic OH excluding ortho intramolecular Hbond substituents is 2. The van der Waals surface area contributed by atoms with Crippen molar-refractivity contribution in [2.24, 2.45) is 0 Å². The number of fused-ring (bicyclic) bond motifs is 3. The molecule has 0 amide bonds. The Bertz CT molecular complexity index is 902. The van der Waals surface area contributed by atoms with Crippen LogP contribution in [-0.2, 0) is 11.2 Å². The highest BCUT2D eigenvalue weighted by Gasteiger charge is 2.15. The van der Waals surface area contributed by atoms with Crippen molar-refractivity contribution in [1.82, 2.24) is 0 Å². The zero-order valence-electron chi connectivity index (χ0n) is 17.4. The van der Waals surface area contributed by atoms with Crippen LogP contribution in [-0.4, -0.2) is 24.4 Å².